The van der Waals surface area contributed by atoms with E-state index in [4.69, 9.17) is 9.84 Å². The van der Waals surface area contributed by atoms with Gasteiger partial charge in [-0.1, -0.05) is 0 Å². The second-order valence-electron chi connectivity index (χ2n) is 4.56. The molecule has 0 fully saturated rings. The van der Waals surface area contributed by atoms with Gasteiger partial charge in [-0.25, -0.2) is 9.78 Å². The first kappa shape index (κ1) is 14.1. The van der Waals surface area contributed by atoms with Gasteiger partial charge >= 0.3 is 5.97 Å². The molecule has 0 saturated carbocycles. The van der Waals surface area contributed by atoms with Gasteiger partial charge in [-0.15, -0.1) is 0 Å². The smallest absolute Gasteiger partial charge is 0.356 e. The summed E-state index contributed by atoms with van der Waals surface area (Å²) in [6.45, 7) is 3.74. The monoisotopic (exact) mass is 276 g/mol. The van der Waals surface area contributed by atoms with Crippen LogP contribution < -0.4 is 4.74 Å². The van der Waals surface area contributed by atoms with Crippen LogP contribution in [-0.4, -0.2) is 33.3 Å². The molecule has 1 heterocycles. The zero-order chi connectivity index (χ0) is 14.9. The van der Waals surface area contributed by atoms with Crippen LogP contribution >= 0.6 is 0 Å². The number of aliphatic hydroxyl groups excluding tert-OH is 1. The van der Waals surface area contributed by atoms with Crippen LogP contribution in [0.25, 0.3) is 0 Å². The maximum absolute atomic E-state index is 11.0. The highest BCUT2D eigenvalue weighted by Crippen LogP contribution is 2.30. The average molecular weight is 276 g/mol. The van der Waals surface area contributed by atoms with E-state index in [-0.39, 0.29) is 11.4 Å². The average Bonchev–Trinajstić information content (AvgIpc) is 2.86. The number of imidazole rings is 1. The Kier molecular flexibility index (Phi) is 3.76. The van der Waals surface area contributed by atoms with Crippen LogP contribution in [0.5, 0.6) is 5.75 Å². The molecule has 0 amide bonds. The number of nitrogens with one attached hydrogen (secondary N) is 1. The van der Waals surface area contributed by atoms with Crippen molar-refractivity contribution in [2.75, 3.05) is 7.11 Å². The number of ether oxygens (including phenoxy) is 1. The van der Waals surface area contributed by atoms with Crippen LogP contribution in [0.3, 0.4) is 0 Å². The van der Waals surface area contributed by atoms with Gasteiger partial charge in [0.1, 0.15) is 11.9 Å². The number of rotatable bonds is 4. The summed E-state index contributed by atoms with van der Waals surface area (Å²) in [7, 11) is 1.59. The number of methoxy groups -OCH3 is 1. The summed E-state index contributed by atoms with van der Waals surface area (Å²) < 4.78 is 5.27. The number of benzene rings is 1. The fourth-order valence-electron chi connectivity index (χ4n) is 2.31. The molecule has 0 saturated heterocycles. The molecule has 6 nitrogen and oxygen atoms in total. The Labute approximate surface area is 116 Å². The van der Waals surface area contributed by atoms with Gasteiger partial charge in [-0.3, -0.25) is 0 Å². The highest BCUT2D eigenvalue weighted by atomic mass is 16.5. The molecule has 1 aromatic heterocycles. The minimum absolute atomic E-state index is 0.168. The van der Waals surface area contributed by atoms with Gasteiger partial charge in [0.25, 0.3) is 0 Å². The number of aromatic carboxylic acids is 1. The van der Waals surface area contributed by atoms with E-state index in [2.05, 4.69) is 9.97 Å². The number of aromatic nitrogens is 2. The van der Waals surface area contributed by atoms with E-state index in [1.165, 1.54) is 6.33 Å². The lowest BCUT2D eigenvalue weighted by molar-refractivity contribution is 0.0685. The van der Waals surface area contributed by atoms with Crippen molar-refractivity contribution in [2.45, 2.75) is 20.0 Å². The molecule has 0 aliphatic carbocycles. The Morgan fingerprint density at radius 3 is 2.45 bits per heavy atom. The van der Waals surface area contributed by atoms with Crippen molar-refractivity contribution >= 4 is 5.97 Å². The highest BCUT2D eigenvalue weighted by Gasteiger charge is 2.22. The molecule has 0 aliphatic rings. The van der Waals surface area contributed by atoms with E-state index in [0.717, 1.165) is 16.9 Å². The number of H-pyrrole nitrogens is 1. The van der Waals surface area contributed by atoms with E-state index in [1.54, 1.807) is 19.2 Å². The number of hydrogen-bond donors (Lipinski definition) is 3. The molecule has 0 aliphatic heterocycles. The fourth-order valence-corrected chi connectivity index (χ4v) is 2.31. The summed E-state index contributed by atoms with van der Waals surface area (Å²) in [5.74, 6) is -0.425. The van der Waals surface area contributed by atoms with Crippen molar-refractivity contribution in [3.63, 3.8) is 0 Å². The first-order chi connectivity index (χ1) is 9.45. The summed E-state index contributed by atoms with van der Waals surface area (Å²) >= 11 is 0. The van der Waals surface area contributed by atoms with Gasteiger partial charge in [0.15, 0.2) is 5.69 Å². The molecular formula is C14H16N2O4. The molecule has 6 heteroatoms. The number of carboxylic acid groups (broad SMARTS) is 1. The molecule has 0 radical (unpaired) electrons. The van der Waals surface area contributed by atoms with Crippen molar-refractivity contribution < 1.29 is 19.7 Å². The second kappa shape index (κ2) is 5.34. The molecule has 0 spiro atoms. The Morgan fingerprint density at radius 2 is 1.95 bits per heavy atom. The SMILES string of the molecule is COc1c(C)cc(C(O)c2[nH]cnc2C(=O)O)cc1C. The highest BCUT2D eigenvalue weighted by molar-refractivity contribution is 5.86. The maximum atomic E-state index is 11.0. The quantitative estimate of drug-likeness (QED) is 0.791. The van der Waals surface area contributed by atoms with E-state index < -0.39 is 12.1 Å². The van der Waals surface area contributed by atoms with Crippen molar-refractivity contribution in [1.82, 2.24) is 9.97 Å². The minimum Gasteiger partial charge on any atom is -0.496 e. The normalized spacial score (nSPS) is 12.2. The standard InChI is InChI=1S/C14H16N2O4/c1-7-4-9(5-8(2)13(7)20-3)12(17)10-11(14(18)19)16-6-15-10/h4-6,12,17H,1-3H3,(H,15,16)(H,18,19). The minimum atomic E-state index is -1.18. The van der Waals surface area contributed by atoms with Crippen molar-refractivity contribution in [2.24, 2.45) is 0 Å². The lowest BCUT2D eigenvalue weighted by Crippen LogP contribution is -2.09. The van der Waals surface area contributed by atoms with Crippen LogP contribution in [-0.2, 0) is 0 Å². The zero-order valence-electron chi connectivity index (χ0n) is 11.5. The topological polar surface area (TPSA) is 95.4 Å². The number of nitrogens with zero attached hydrogens (tertiary/aromatic N) is 1. The van der Waals surface area contributed by atoms with Crippen LogP contribution in [0.1, 0.15) is 39.0 Å². The van der Waals surface area contributed by atoms with Crippen LogP contribution in [0, 0.1) is 13.8 Å². The van der Waals surface area contributed by atoms with E-state index in [1.807, 2.05) is 13.8 Å². The van der Waals surface area contributed by atoms with E-state index in [9.17, 15) is 9.90 Å². The number of hydrogen-bond acceptors (Lipinski definition) is 4. The third-order valence-corrected chi connectivity index (χ3v) is 3.15. The van der Waals surface area contributed by atoms with E-state index in [0.29, 0.717) is 5.56 Å². The predicted molar refractivity (Wildman–Crippen MR) is 72.1 cm³/mol. The molecule has 1 atom stereocenters. The van der Waals surface area contributed by atoms with Gasteiger partial charge < -0.3 is 19.9 Å². The number of aromatic amines is 1. The van der Waals surface area contributed by atoms with Gasteiger partial charge in [0.05, 0.1) is 19.1 Å². The molecular weight excluding hydrogens is 260 g/mol. The molecule has 106 valence electrons. The number of aryl methyl sites for hydroxylation is 2. The Balaban J connectivity index is 2.46. The molecule has 0 bridgehead atoms. The van der Waals surface area contributed by atoms with Gasteiger partial charge in [0, 0.05) is 0 Å². The second-order valence-corrected chi connectivity index (χ2v) is 4.56. The summed E-state index contributed by atoms with van der Waals surface area (Å²) in [5, 5.41) is 19.4. The Hall–Kier alpha value is -2.34. The molecule has 3 N–H and O–H groups in total. The first-order valence-electron chi connectivity index (χ1n) is 6.05. The maximum Gasteiger partial charge on any atom is 0.356 e. The fraction of sp³-hybridized carbons (Fsp3) is 0.286. The van der Waals surface area contributed by atoms with Gasteiger partial charge in [-0.2, -0.15) is 0 Å². The van der Waals surface area contributed by atoms with Crippen molar-refractivity contribution in [3.05, 3.63) is 46.5 Å². The van der Waals surface area contributed by atoms with Gasteiger partial charge in [-0.05, 0) is 42.7 Å². The number of carboxylic acids is 1. The van der Waals surface area contributed by atoms with Crippen LogP contribution in [0.4, 0.5) is 0 Å². The molecule has 1 aromatic carbocycles. The lowest BCUT2D eigenvalue weighted by atomic mass is 9.99. The third-order valence-electron chi connectivity index (χ3n) is 3.15. The van der Waals surface area contributed by atoms with Crippen LogP contribution in [0.15, 0.2) is 18.5 Å². The molecule has 2 rings (SSSR count). The van der Waals surface area contributed by atoms with Crippen LogP contribution in [0.2, 0.25) is 0 Å². The Bertz CT molecular complexity index is 625. The number of aliphatic hydroxyl groups is 1. The number of carbonyl (C=O) groups is 1. The molecule has 2 aromatic rings. The summed E-state index contributed by atoms with van der Waals surface area (Å²) in [5.41, 5.74) is 2.33. The lowest BCUT2D eigenvalue weighted by Gasteiger charge is -2.15. The molecule has 1 unspecified atom stereocenters. The first-order valence-corrected chi connectivity index (χ1v) is 6.05. The van der Waals surface area contributed by atoms with Crippen molar-refractivity contribution in [1.29, 1.82) is 0 Å². The van der Waals surface area contributed by atoms with Gasteiger partial charge in [0.2, 0.25) is 0 Å². The summed E-state index contributed by atoms with van der Waals surface area (Å²) in [6.07, 6.45) is 0.178. The summed E-state index contributed by atoms with van der Waals surface area (Å²) in [4.78, 5) is 17.4. The summed E-state index contributed by atoms with van der Waals surface area (Å²) in [6, 6.07) is 3.53. The van der Waals surface area contributed by atoms with Crippen molar-refractivity contribution in [3.8, 4) is 5.75 Å². The zero-order valence-corrected chi connectivity index (χ0v) is 11.5. The third kappa shape index (κ3) is 2.37. The largest absolute Gasteiger partial charge is 0.496 e. The Morgan fingerprint density at radius 1 is 1.35 bits per heavy atom. The predicted octanol–water partition coefficient (Wildman–Crippen LogP) is 1.82. The van der Waals surface area contributed by atoms with E-state index >= 15 is 0 Å². The molecule has 20 heavy (non-hydrogen) atoms.